The maximum absolute atomic E-state index is 11.9. The normalized spacial score (nSPS) is 10.3. The largest absolute Gasteiger partial charge is 0.475 e. The molecule has 0 aliphatic heterocycles. The maximum atomic E-state index is 11.9. The SMILES string of the molecule is Cc1cc(Br)c(NC(=O)c2ccc(C(=O)O)o2)cc1Cl. The number of nitrogens with one attached hydrogen (secondary N) is 1. The van der Waals surface area contributed by atoms with E-state index in [9.17, 15) is 9.59 Å². The highest BCUT2D eigenvalue weighted by atomic mass is 79.9. The standard InChI is InChI=1S/C13H9BrClNO4/c1-6-4-7(14)9(5-8(6)15)16-12(17)10-2-3-11(20-10)13(18)19/h2-5H,1H3,(H,16,17)(H,18,19). The summed E-state index contributed by atoms with van der Waals surface area (Å²) in [6, 6.07) is 5.87. The van der Waals surface area contributed by atoms with Crippen LogP contribution in [0.2, 0.25) is 5.02 Å². The fourth-order valence-corrected chi connectivity index (χ4v) is 2.22. The summed E-state index contributed by atoms with van der Waals surface area (Å²) in [6.45, 7) is 1.84. The van der Waals surface area contributed by atoms with E-state index in [-0.39, 0.29) is 11.5 Å². The van der Waals surface area contributed by atoms with Gasteiger partial charge < -0.3 is 14.8 Å². The van der Waals surface area contributed by atoms with E-state index in [1.54, 1.807) is 12.1 Å². The Morgan fingerprint density at radius 3 is 2.55 bits per heavy atom. The summed E-state index contributed by atoms with van der Waals surface area (Å²) < 4.78 is 5.58. The van der Waals surface area contributed by atoms with Gasteiger partial charge in [-0.1, -0.05) is 11.6 Å². The Hall–Kier alpha value is -1.79. The first kappa shape index (κ1) is 14.6. The lowest BCUT2D eigenvalue weighted by molar-refractivity contribution is 0.0660. The second-order valence-electron chi connectivity index (χ2n) is 4.00. The Labute approximate surface area is 127 Å². The number of rotatable bonds is 3. The van der Waals surface area contributed by atoms with Crippen molar-refractivity contribution in [1.29, 1.82) is 0 Å². The highest BCUT2D eigenvalue weighted by Gasteiger charge is 2.16. The number of benzene rings is 1. The van der Waals surface area contributed by atoms with Crippen LogP contribution in [-0.2, 0) is 0 Å². The minimum Gasteiger partial charge on any atom is -0.475 e. The van der Waals surface area contributed by atoms with Crippen molar-refractivity contribution >= 4 is 45.1 Å². The maximum Gasteiger partial charge on any atom is 0.371 e. The third-order valence-corrected chi connectivity index (χ3v) is 3.60. The lowest BCUT2D eigenvalue weighted by Gasteiger charge is -2.08. The van der Waals surface area contributed by atoms with Crippen LogP contribution >= 0.6 is 27.5 Å². The highest BCUT2D eigenvalue weighted by Crippen LogP contribution is 2.29. The van der Waals surface area contributed by atoms with E-state index in [4.69, 9.17) is 21.1 Å². The summed E-state index contributed by atoms with van der Waals surface area (Å²) in [4.78, 5) is 22.6. The second kappa shape index (κ2) is 5.68. The van der Waals surface area contributed by atoms with Crippen molar-refractivity contribution < 1.29 is 19.1 Å². The van der Waals surface area contributed by atoms with Crippen LogP contribution < -0.4 is 5.32 Å². The molecule has 2 rings (SSSR count). The van der Waals surface area contributed by atoms with Crippen molar-refractivity contribution in [1.82, 2.24) is 0 Å². The minimum atomic E-state index is -1.23. The van der Waals surface area contributed by atoms with E-state index >= 15 is 0 Å². The molecule has 0 aliphatic carbocycles. The zero-order valence-electron chi connectivity index (χ0n) is 10.2. The average Bonchev–Trinajstić information content (AvgIpc) is 2.85. The first-order chi connectivity index (χ1) is 9.38. The first-order valence-corrected chi connectivity index (χ1v) is 6.65. The number of halogens is 2. The van der Waals surface area contributed by atoms with Crippen molar-refractivity contribution in [3.05, 3.63) is 50.8 Å². The quantitative estimate of drug-likeness (QED) is 0.870. The lowest BCUT2D eigenvalue weighted by Crippen LogP contribution is -2.11. The van der Waals surface area contributed by atoms with Gasteiger partial charge in [0.2, 0.25) is 5.76 Å². The van der Waals surface area contributed by atoms with Crippen LogP contribution in [0.25, 0.3) is 0 Å². The van der Waals surface area contributed by atoms with Gasteiger partial charge in [-0.3, -0.25) is 4.79 Å². The molecule has 7 heteroatoms. The molecule has 1 amide bonds. The molecule has 0 saturated heterocycles. The molecule has 0 spiro atoms. The predicted octanol–water partition coefficient (Wildman–Crippen LogP) is 3.95. The predicted molar refractivity (Wildman–Crippen MR) is 77.5 cm³/mol. The molecular weight excluding hydrogens is 350 g/mol. The van der Waals surface area contributed by atoms with Gasteiger partial charge in [0.05, 0.1) is 5.69 Å². The molecule has 0 bridgehead atoms. The van der Waals surface area contributed by atoms with Crippen LogP contribution in [0, 0.1) is 6.92 Å². The number of carboxylic acid groups (broad SMARTS) is 1. The molecule has 0 radical (unpaired) electrons. The van der Waals surface area contributed by atoms with Gasteiger partial charge in [0.1, 0.15) is 0 Å². The zero-order valence-corrected chi connectivity index (χ0v) is 12.6. The molecule has 5 nitrogen and oxygen atoms in total. The highest BCUT2D eigenvalue weighted by molar-refractivity contribution is 9.10. The molecule has 1 aromatic carbocycles. The number of hydrogen-bond acceptors (Lipinski definition) is 3. The summed E-state index contributed by atoms with van der Waals surface area (Å²) in [5.41, 5.74) is 1.33. The number of furan rings is 1. The minimum absolute atomic E-state index is 0.0917. The molecule has 0 unspecified atom stereocenters. The number of aryl methyl sites for hydroxylation is 1. The first-order valence-electron chi connectivity index (χ1n) is 5.48. The topological polar surface area (TPSA) is 79.5 Å². The van der Waals surface area contributed by atoms with Gasteiger partial charge in [0, 0.05) is 9.50 Å². The molecule has 1 heterocycles. The number of carbonyl (C=O) groups excluding carboxylic acids is 1. The second-order valence-corrected chi connectivity index (χ2v) is 5.27. The monoisotopic (exact) mass is 357 g/mol. The summed E-state index contributed by atoms with van der Waals surface area (Å²) in [5, 5.41) is 11.8. The van der Waals surface area contributed by atoms with E-state index < -0.39 is 11.9 Å². The van der Waals surface area contributed by atoms with Gasteiger partial charge in [-0.25, -0.2) is 4.79 Å². The number of anilines is 1. The van der Waals surface area contributed by atoms with Crippen molar-refractivity contribution in [2.45, 2.75) is 6.92 Å². The van der Waals surface area contributed by atoms with Gasteiger partial charge in [-0.15, -0.1) is 0 Å². The van der Waals surface area contributed by atoms with Crippen molar-refractivity contribution in [2.24, 2.45) is 0 Å². The third-order valence-electron chi connectivity index (χ3n) is 2.54. The Morgan fingerprint density at radius 2 is 1.95 bits per heavy atom. The van der Waals surface area contributed by atoms with Crippen LogP contribution in [0.15, 0.2) is 33.2 Å². The number of aromatic carboxylic acids is 1. The Morgan fingerprint density at radius 1 is 1.30 bits per heavy atom. The van der Waals surface area contributed by atoms with Crippen LogP contribution in [0.3, 0.4) is 0 Å². The molecule has 20 heavy (non-hydrogen) atoms. The summed E-state index contributed by atoms with van der Waals surface area (Å²) >= 11 is 9.30. The van der Waals surface area contributed by atoms with Crippen molar-refractivity contribution in [3.8, 4) is 0 Å². The van der Waals surface area contributed by atoms with Gasteiger partial charge in [-0.05, 0) is 52.7 Å². The van der Waals surface area contributed by atoms with Crippen molar-refractivity contribution in [2.75, 3.05) is 5.32 Å². The van der Waals surface area contributed by atoms with Gasteiger partial charge in [0.25, 0.3) is 5.91 Å². The summed E-state index contributed by atoms with van der Waals surface area (Å²) in [5.74, 6) is -2.18. The number of carboxylic acids is 1. The smallest absolute Gasteiger partial charge is 0.371 e. The van der Waals surface area contributed by atoms with Crippen LogP contribution in [0.1, 0.15) is 26.7 Å². The third kappa shape index (κ3) is 3.02. The fourth-order valence-electron chi connectivity index (χ4n) is 1.50. The molecular formula is C13H9BrClNO4. The summed E-state index contributed by atoms with van der Waals surface area (Å²) in [6.07, 6.45) is 0. The van der Waals surface area contributed by atoms with E-state index in [1.807, 2.05) is 6.92 Å². The zero-order chi connectivity index (χ0) is 14.9. The van der Waals surface area contributed by atoms with E-state index in [2.05, 4.69) is 21.2 Å². The van der Waals surface area contributed by atoms with Crippen LogP contribution in [0.5, 0.6) is 0 Å². The van der Waals surface area contributed by atoms with E-state index in [0.717, 1.165) is 5.56 Å². The van der Waals surface area contributed by atoms with Crippen LogP contribution in [0.4, 0.5) is 5.69 Å². The van der Waals surface area contributed by atoms with Crippen LogP contribution in [-0.4, -0.2) is 17.0 Å². The Kier molecular flexibility index (Phi) is 4.15. The Bertz CT molecular complexity index is 696. The molecule has 1 aromatic heterocycles. The molecule has 0 aliphatic rings. The molecule has 104 valence electrons. The van der Waals surface area contributed by atoms with Gasteiger partial charge >= 0.3 is 5.97 Å². The van der Waals surface area contributed by atoms with Gasteiger partial charge in [0.15, 0.2) is 5.76 Å². The van der Waals surface area contributed by atoms with Crippen molar-refractivity contribution in [3.63, 3.8) is 0 Å². The lowest BCUT2D eigenvalue weighted by atomic mass is 10.2. The molecule has 2 aromatic rings. The number of carbonyl (C=O) groups is 2. The molecule has 0 fully saturated rings. The molecule has 2 N–H and O–H groups in total. The number of hydrogen-bond donors (Lipinski definition) is 2. The number of amides is 1. The van der Waals surface area contributed by atoms with Gasteiger partial charge in [-0.2, -0.15) is 0 Å². The average molecular weight is 359 g/mol. The molecule has 0 atom stereocenters. The fraction of sp³-hybridized carbons (Fsp3) is 0.0769. The van der Waals surface area contributed by atoms with E-state index in [1.165, 1.54) is 12.1 Å². The Balaban J connectivity index is 2.23. The summed E-state index contributed by atoms with van der Waals surface area (Å²) in [7, 11) is 0. The molecule has 0 saturated carbocycles. The van der Waals surface area contributed by atoms with E-state index in [0.29, 0.717) is 15.2 Å².